The number of carbonyl (C=O) groups excluding carboxylic acids is 1. The topological polar surface area (TPSA) is 94.0 Å². The molecule has 9 heteroatoms. The molecule has 0 aliphatic carbocycles. The van der Waals surface area contributed by atoms with Crippen LogP contribution >= 0.6 is 0 Å². The van der Waals surface area contributed by atoms with Gasteiger partial charge in [-0.1, -0.05) is 42.0 Å². The van der Waals surface area contributed by atoms with Crippen molar-refractivity contribution >= 4 is 26.8 Å². The van der Waals surface area contributed by atoms with Crippen LogP contribution in [0.25, 0.3) is 22.3 Å². The second kappa shape index (κ2) is 9.46. The van der Waals surface area contributed by atoms with Crippen molar-refractivity contribution in [1.29, 1.82) is 0 Å². The summed E-state index contributed by atoms with van der Waals surface area (Å²) >= 11 is 0. The molecule has 0 bridgehead atoms. The Morgan fingerprint density at radius 1 is 1.11 bits per heavy atom. The summed E-state index contributed by atoms with van der Waals surface area (Å²) < 4.78 is 39.2. The number of fused-ring (bicyclic) bond motifs is 1. The molecule has 5 rings (SSSR count). The minimum atomic E-state index is -3.13. The van der Waals surface area contributed by atoms with Gasteiger partial charge >= 0.3 is 0 Å². The van der Waals surface area contributed by atoms with Gasteiger partial charge in [-0.15, -0.1) is 0 Å². The molecule has 2 aromatic heterocycles. The molecule has 0 radical (unpaired) electrons. The van der Waals surface area contributed by atoms with Gasteiger partial charge in [-0.3, -0.25) is 4.79 Å². The molecule has 1 amide bonds. The minimum absolute atomic E-state index is 0.0128. The van der Waals surface area contributed by atoms with Crippen molar-refractivity contribution < 1.29 is 17.6 Å². The fraction of sp³-hybridized carbons (Fsp3) is 0.296. The van der Waals surface area contributed by atoms with Gasteiger partial charge in [0.05, 0.1) is 39.9 Å². The van der Waals surface area contributed by atoms with Crippen molar-refractivity contribution in [1.82, 2.24) is 20.1 Å². The third-order valence-corrected chi connectivity index (χ3v) is 8.35. The van der Waals surface area contributed by atoms with E-state index in [0.717, 1.165) is 16.7 Å². The fourth-order valence-corrected chi connectivity index (χ4v) is 6.35. The Morgan fingerprint density at radius 3 is 2.50 bits per heavy atom. The summed E-state index contributed by atoms with van der Waals surface area (Å²) in [7, 11) is -3.13. The number of nitrogens with one attached hydrogen (secondary N) is 1. The van der Waals surface area contributed by atoms with Crippen molar-refractivity contribution in [3.8, 4) is 11.3 Å². The number of carbonyl (C=O) groups is 1. The Hall–Kier alpha value is -3.59. The normalized spacial score (nSPS) is 16.9. The molecule has 1 fully saturated rings. The molecule has 7 nitrogen and oxygen atoms in total. The average molecular weight is 507 g/mol. The number of aryl methyl sites for hydroxylation is 2. The van der Waals surface area contributed by atoms with Gasteiger partial charge in [-0.2, -0.15) is 5.10 Å². The van der Waals surface area contributed by atoms with E-state index in [-0.39, 0.29) is 29.3 Å². The van der Waals surface area contributed by atoms with Crippen molar-refractivity contribution in [3.63, 3.8) is 0 Å². The van der Waals surface area contributed by atoms with E-state index in [9.17, 15) is 17.6 Å². The molecule has 1 N–H and O–H groups in total. The van der Waals surface area contributed by atoms with Crippen LogP contribution in [0, 0.1) is 19.7 Å². The first kappa shape index (κ1) is 24.1. The van der Waals surface area contributed by atoms with Crippen molar-refractivity contribution in [2.75, 3.05) is 18.1 Å². The van der Waals surface area contributed by atoms with E-state index < -0.39 is 9.84 Å². The van der Waals surface area contributed by atoms with E-state index in [2.05, 4.69) is 10.4 Å². The first-order valence-electron chi connectivity index (χ1n) is 11.9. The Balaban J connectivity index is 1.53. The number of aromatic nitrogens is 3. The predicted octanol–water partition coefficient (Wildman–Crippen LogP) is 4.19. The molecule has 1 saturated heterocycles. The number of hydrogen-bond acceptors (Lipinski definition) is 5. The van der Waals surface area contributed by atoms with Gasteiger partial charge in [0.2, 0.25) is 0 Å². The van der Waals surface area contributed by atoms with Crippen LogP contribution in [0.2, 0.25) is 0 Å². The SMILES string of the molecule is Cc1ccc(-c2cc(C(=O)NCCc3ccc(F)cc3)c3c(C)nn(C4CCS(=O)(=O)C4)c3n2)cc1. The number of benzene rings is 2. The number of amides is 1. The smallest absolute Gasteiger partial charge is 0.252 e. The Bertz CT molecular complexity index is 1540. The van der Waals surface area contributed by atoms with Crippen molar-refractivity contribution in [3.05, 3.63) is 82.8 Å². The zero-order chi connectivity index (χ0) is 25.4. The molecule has 2 aromatic carbocycles. The molecular weight excluding hydrogens is 479 g/mol. The summed E-state index contributed by atoms with van der Waals surface area (Å²) in [5, 5.41) is 8.23. The molecule has 1 atom stereocenters. The van der Waals surface area contributed by atoms with Crippen LogP contribution in [0.15, 0.2) is 54.6 Å². The molecule has 1 aliphatic heterocycles. The maximum atomic E-state index is 13.4. The number of halogens is 1. The largest absolute Gasteiger partial charge is 0.352 e. The lowest BCUT2D eigenvalue weighted by molar-refractivity contribution is 0.0955. The van der Waals surface area contributed by atoms with Crippen LogP contribution in [0.1, 0.15) is 39.6 Å². The summed E-state index contributed by atoms with van der Waals surface area (Å²) in [4.78, 5) is 18.3. The zero-order valence-corrected chi connectivity index (χ0v) is 21.0. The predicted molar refractivity (Wildman–Crippen MR) is 137 cm³/mol. The van der Waals surface area contributed by atoms with Crippen LogP contribution < -0.4 is 5.32 Å². The highest BCUT2D eigenvalue weighted by Gasteiger charge is 2.32. The summed E-state index contributed by atoms with van der Waals surface area (Å²) in [6.45, 7) is 4.19. The van der Waals surface area contributed by atoms with Crippen molar-refractivity contribution in [2.45, 2.75) is 32.7 Å². The summed E-state index contributed by atoms with van der Waals surface area (Å²) in [6.07, 6.45) is 1.03. The van der Waals surface area contributed by atoms with Gasteiger partial charge in [-0.05, 0) is 50.5 Å². The van der Waals surface area contributed by atoms with E-state index in [4.69, 9.17) is 4.98 Å². The van der Waals surface area contributed by atoms with E-state index in [1.165, 1.54) is 12.1 Å². The fourth-order valence-electron chi connectivity index (χ4n) is 4.65. The standard InChI is InChI=1S/C27H27FN4O3S/c1-17-3-7-20(8-4-17)24-15-23(27(33)29-13-11-19-5-9-21(28)10-6-19)25-18(2)31-32(26(25)30-24)22-12-14-36(34,35)16-22/h3-10,15,22H,11-14,16H2,1-2H3,(H,29,33). The highest BCUT2D eigenvalue weighted by Crippen LogP contribution is 2.32. The van der Waals surface area contributed by atoms with E-state index >= 15 is 0 Å². The molecule has 186 valence electrons. The first-order chi connectivity index (χ1) is 17.2. The highest BCUT2D eigenvalue weighted by atomic mass is 32.2. The average Bonchev–Trinajstić information content (AvgIpc) is 3.38. The molecule has 36 heavy (non-hydrogen) atoms. The zero-order valence-electron chi connectivity index (χ0n) is 20.2. The quantitative estimate of drug-likeness (QED) is 0.423. The number of sulfone groups is 1. The second-order valence-electron chi connectivity index (χ2n) is 9.34. The Kier molecular flexibility index (Phi) is 6.34. The van der Waals surface area contributed by atoms with Crippen LogP contribution in [0.4, 0.5) is 4.39 Å². The van der Waals surface area contributed by atoms with Gasteiger partial charge in [0, 0.05) is 12.1 Å². The maximum absolute atomic E-state index is 13.4. The van der Waals surface area contributed by atoms with Gasteiger partial charge in [0.1, 0.15) is 5.82 Å². The van der Waals surface area contributed by atoms with Crippen LogP contribution in [-0.4, -0.2) is 47.1 Å². The lowest BCUT2D eigenvalue weighted by Crippen LogP contribution is -2.26. The van der Waals surface area contributed by atoms with Crippen LogP contribution in [0.3, 0.4) is 0 Å². The third kappa shape index (κ3) is 4.88. The molecule has 4 aromatic rings. The lowest BCUT2D eigenvalue weighted by atomic mass is 10.0. The van der Waals surface area contributed by atoms with Gasteiger partial charge in [-0.25, -0.2) is 22.5 Å². The monoisotopic (exact) mass is 506 g/mol. The lowest BCUT2D eigenvalue weighted by Gasteiger charge is -2.12. The van der Waals surface area contributed by atoms with Gasteiger partial charge < -0.3 is 5.32 Å². The van der Waals surface area contributed by atoms with E-state index in [1.54, 1.807) is 22.9 Å². The summed E-state index contributed by atoms with van der Waals surface area (Å²) in [5.41, 5.74) is 5.08. The molecule has 3 heterocycles. The minimum Gasteiger partial charge on any atom is -0.352 e. The number of nitrogens with zero attached hydrogens (tertiary/aromatic N) is 3. The number of pyridine rings is 1. The van der Waals surface area contributed by atoms with E-state index in [1.807, 2.05) is 38.1 Å². The van der Waals surface area contributed by atoms with Gasteiger partial charge in [0.15, 0.2) is 15.5 Å². The third-order valence-electron chi connectivity index (χ3n) is 6.60. The molecule has 1 aliphatic rings. The molecule has 1 unspecified atom stereocenters. The Labute approximate surface area is 209 Å². The number of rotatable bonds is 6. The van der Waals surface area contributed by atoms with Gasteiger partial charge in [0.25, 0.3) is 5.91 Å². The van der Waals surface area contributed by atoms with Crippen LogP contribution in [-0.2, 0) is 16.3 Å². The summed E-state index contributed by atoms with van der Waals surface area (Å²) in [6, 6.07) is 15.5. The summed E-state index contributed by atoms with van der Waals surface area (Å²) in [5.74, 6) is -0.432. The molecule has 0 spiro atoms. The second-order valence-corrected chi connectivity index (χ2v) is 11.6. The maximum Gasteiger partial charge on any atom is 0.252 e. The Morgan fingerprint density at radius 2 is 1.83 bits per heavy atom. The van der Waals surface area contributed by atoms with E-state index in [0.29, 0.717) is 47.4 Å². The molecule has 0 saturated carbocycles. The first-order valence-corrected chi connectivity index (χ1v) is 13.7. The van der Waals surface area contributed by atoms with Crippen molar-refractivity contribution in [2.24, 2.45) is 0 Å². The highest BCUT2D eigenvalue weighted by molar-refractivity contribution is 7.91. The number of hydrogen-bond donors (Lipinski definition) is 1. The molecular formula is C27H27FN4O3S. The van der Waals surface area contributed by atoms with Crippen LogP contribution in [0.5, 0.6) is 0 Å².